The first-order chi connectivity index (χ1) is 11.3. The van der Waals surface area contributed by atoms with Crippen LogP contribution in [0.1, 0.15) is 11.5 Å². The van der Waals surface area contributed by atoms with Crippen LogP contribution in [0.25, 0.3) is 10.9 Å². The Morgan fingerprint density at radius 3 is 3.22 bits per heavy atom. The van der Waals surface area contributed by atoms with Gasteiger partial charge in [-0.3, -0.25) is 0 Å². The highest BCUT2D eigenvalue weighted by molar-refractivity contribution is 9.10. The fourth-order valence-corrected chi connectivity index (χ4v) is 3.59. The first kappa shape index (κ1) is 14.9. The fraction of sp³-hybridized carbons (Fsp3) is 0.353. The number of nitrogens with one attached hydrogen (secondary N) is 1. The Labute approximate surface area is 143 Å². The van der Waals surface area contributed by atoms with Gasteiger partial charge in [0.25, 0.3) is 0 Å². The van der Waals surface area contributed by atoms with Crippen LogP contribution in [-0.2, 0) is 31.0 Å². The number of halogens is 1. The number of nitrogens with zero attached hydrogens (tertiary/aromatic N) is 3. The zero-order valence-corrected chi connectivity index (χ0v) is 14.4. The average molecular weight is 375 g/mol. The van der Waals surface area contributed by atoms with E-state index in [0.717, 1.165) is 43.1 Å². The van der Waals surface area contributed by atoms with E-state index in [1.54, 1.807) is 0 Å². The second kappa shape index (κ2) is 6.47. The molecule has 0 bridgehead atoms. The van der Waals surface area contributed by atoms with Crippen molar-refractivity contribution in [2.45, 2.75) is 26.2 Å². The van der Waals surface area contributed by atoms with Gasteiger partial charge in [0.1, 0.15) is 12.4 Å². The van der Waals surface area contributed by atoms with Gasteiger partial charge in [0.2, 0.25) is 0 Å². The molecule has 3 heterocycles. The molecule has 0 fully saturated rings. The molecule has 5 nitrogen and oxygen atoms in total. The van der Waals surface area contributed by atoms with Gasteiger partial charge in [0.15, 0.2) is 0 Å². The summed E-state index contributed by atoms with van der Waals surface area (Å²) in [6.45, 7) is 5.03. The number of hydrogen-bond acceptors (Lipinski definition) is 3. The van der Waals surface area contributed by atoms with Gasteiger partial charge >= 0.3 is 0 Å². The monoisotopic (exact) mass is 374 g/mol. The number of imidazole rings is 1. The van der Waals surface area contributed by atoms with Crippen molar-refractivity contribution in [2.75, 3.05) is 13.2 Å². The predicted molar refractivity (Wildman–Crippen MR) is 93.2 cm³/mol. The van der Waals surface area contributed by atoms with Crippen LogP contribution in [0.5, 0.6) is 0 Å². The molecule has 1 aliphatic rings. The average Bonchev–Trinajstić information content (AvgIpc) is 3.17. The Morgan fingerprint density at radius 1 is 1.30 bits per heavy atom. The lowest BCUT2D eigenvalue weighted by Crippen LogP contribution is -2.24. The largest absolute Gasteiger partial charge is 0.372 e. The first-order valence-corrected chi connectivity index (χ1v) is 8.67. The second-order valence-corrected chi connectivity index (χ2v) is 6.58. The van der Waals surface area contributed by atoms with Crippen molar-refractivity contribution in [1.82, 2.24) is 19.4 Å². The third-order valence-electron chi connectivity index (χ3n) is 4.31. The lowest BCUT2D eigenvalue weighted by Gasteiger charge is -2.17. The van der Waals surface area contributed by atoms with Crippen LogP contribution in [-0.4, -0.2) is 27.3 Å². The van der Waals surface area contributed by atoms with Crippen LogP contribution >= 0.6 is 15.9 Å². The summed E-state index contributed by atoms with van der Waals surface area (Å²) >= 11 is 3.60. The standard InChI is InChI=1S/C17H19BrN4O/c18-15-2-1-3-16-14(15)4-6-21(16)7-5-19-10-13-11-20-17-12-23-9-8-22(13)17/h1-4,6,11,19H,5,7-10,12H2. The molecule has 0 unspecified atom stereocenters. The minimum atomic E-state index is 0.629. The van der Waals surface area contributed by atoms with Gasteiger partial charge in [0, 0.05) is 53.9 Å². The lowest BCUT2D eigenvalue weighted by atomic mass is 10.2. The summed E-state index contributed by atoms with van der Waals surface area (Å²) in [6, 6.07) is 8.48. The van der Waals surface area contributed by atoms with Gasteiger partial charge in [-0.05, 0) is 18.2 Å². The molecule has 0 aliphatic carbocycles. The van der Waals surface area contributed by atoms with E-state index in [9.17, 15) is 0 Å². The van der Waals surface area contributed by atoms with E-state index in [2.05, 4.69) is 65.8 Å². The highest BCUT2D eigenvalue weighted by Crippen LogP contribution is 2.24. The van der Waals surface area contributed by atoms with Crippen LogP contribution < -0.4 is 5.32 Å². The topological polar surface area (TPSA) is 44.0 Å². The Morgan fingerprint density at radius 2 is 2.26 bits per heavy atom. The quantitative estimate of drug-likeness (QED) is 0.698. The Kier molecular flexibility index (Phi) is 4.20. The van der Waals surface area contributed by atoms with Gasteiger partial charge < -0.3 is 19.2 Å². The fourth-order valence-electron chi connectivity index (χ4n) is 3.10. The van der Waals surface area contributed by atoms with E-state index in [1.165, 1.54) is 16.6 Å². The summed E-state index contributed by atoms with van der Waals surface area (Å²) in [5.74, 6) is 1.04. The molecule has 1 N–H and O–H groups in total. The molecule has 4 rings (SSSR count). The van der Waals surface area contributed by atoms with E-state index in [1.807, 2.05) is 6.20 Å². The van der Waals surface area contributed by atoms with Crippen molar-refractivity contribution in [3.8, 4) is 0 Å². The summed E-state index contributed by atoms with van der Waals surface area (Å²) in [5, 5.41) is 4.78. The molecule has 6 heteroatoms. The van der Waals surface area contributed by atoms with Gasteiger partial charge in [-0.25, -0.2) is 4.98 Å². The SMILES string of the molecule is Brc1cccc2c1ccn2CCNCc1cnc2n1CCOC2. The van der Waals surface area contributed by atoms with Crippen LogP contribution in [0, 0.1) is 0 Å². The molecule has 0 amide bonds. The van der Waals surface area contributed by atoms with Crippen molar-refractivity contribution in [1.29, 1.82) is 0 Å². The lowest BCUT2D eigenvalue weighted by molar-refractivity contribution is 0.0805. The number of benzene rings is 1. The number of hydrogen-bond donors (Lipinski definition) is 1. The zero-order chi connectivity index (χ0) is 15.6. The number of rotatable bonds is 5. The van der Waals surface area contributed by atoms with E-state index in [0.29, 0.717) is 6.61 Å². The maximum Gasteiger partial charge on any atom is 0.135 e. The van der Waals surface area contributed by atoms with Crippen molar-refractivity contribution >= 4 is 26.8 Å². The highest BCUT2D eigenvalue weighted by atomic mass is 79.9. The molecule has 23 heavy (non-hydrogen) atoms. The van der Waals surface area contributed by atoms with E-state index in [4.69, 9.17) is 4.74 Å². The normalized spacial score (nSPS) is 14.3. The molecule has 1 aromatic carbocycles. The number of ether oxygens (including phenoxy) is 1. The van der Waals surface area contributed by atoms with Crippen molar-refractivity contribution in [3.05, 3.63) is 52.7 Å². The van der Waals surface area contributed by atoms with Gasteiger partial charge in [-0.1, -0.05) is 22.0 Å². The summed E-state index contributed by atoms with van der Waals surface area (Å²) < 4.78 is 11.1. The van der Waals surface area contributed by atoms with Gasteiger partial charge in [-0.2, -0.15) is 0 Å². The second-order valence-electron chi connectivity index (χ2n) is 5.73. The molecule has 0 radical (unpaired) electrons. The summed E-state index contributed by atoms with van der Waals surface area (Å²) in [6.07, 6.45) is 4.11. The maximum absolute atomic E-state index is 5.42. The molecule has 0 spiro atoms. The van der Waals surface area contributed by atoms with Crippen LogP contribution in [0.4, 0.5) is 0 Å². The first-order valence-electron chi connectivity index (χ1n) is 7.88. The molecule has 1 aliphatic heterocycles. The van der Waals surface area contributed by atoms with Gasteiger partial charge in [0.05, 0.1) is 12.3 Å². The highest BCUT2D eigenvalue weighted by Gasteiger charge is 2.13. The Bertz CT molecular complexity index is 823. The number of aromatic nitrogens is 3. The van der Waals surface area contributed by atoms with E-state index in [-0.39, 0.29) is 0 Å². The van der Waals surface area contributed by atoms with E-state index < -0.39 is 0 Å². The molecular weight excluding hydrogens is 356 g/mol. The smallest absolute Gasteiger partial charge is 0.135 e. The van der Waals surface area contributed by atoms with Crippen molar-refractivity contribution < 1.29 is 4.74 Å². The summed E-state index contributed by atoms with van der Waals surface area (Å²) in [7, 11) is 0. The van der Waals surface area contributed by atoms with Crippen molar-refractivity contribution in [2.24, 2.45) is 0 Å². The van der Waals surface area contributed by atoms with E-state index >= 15 is 0 Å². The van der Waals surface area contributed by atoms with Crippen LogP contribution in [0.15, 0.2) is 41.1 Å². The Balaban J connectivity index is 1.37. The minimum absolute atomic E-state index is 0.629. The minimum Gasteiger partial charge on any atom is -0.372 e. The third-order valence-corrected chi connectivity index (χ3v) is 5.00. The molecule has 0 atom stereocenters. The summed E-state index contributed by atoms with van der Waals surface area (Å²) in [5.41, 5.74) is 2.50. The Hall–Kier alpha value is -1.63. The third kappa shape index (κ3) is 2.94. The number of fused-ring (bicyclic) bond motifs is 2. The summed E-state index contributed by atoms with van der Waals surface area (Å²) in [4.78, 5) is 4.42. The molecular formula is C17H19BrN4O. The molecule has 0 saturated carbocycles. The van der Waals surface area contributed by atoms with Crippen molar-refractivity contribution in [3.63, 3.8) is 0 Å². The molecule has 2 aromatic heterocycles. The zero-order valence-electron chi connectivity index (χ0n) is 12.8. The molecule has 120 valence electrons. The molecule has 3 aromatic rings. The van der Waals surface area contributed by atoms with Gasteiger partial charge in [-0.15, -0.1) is 0 Å². The van der Waals surface area contributed by atoms with Crippen LogP contribution in [0.2, 0.25) is 0 Å². The maximum atomic E-state index is 5.42. The predicted octanol–water partition coefficient (Wildman–Crippen LogP) is 2.92. The molecule has 0 saturated heterocycles. The van der Waals surface area contributed by atoms with Crippen LogP contribution in [0.3, 0.4) is 0 Å².